The largest absolute Gasteiger partial charge is 0.490 e. The van der Waals surface area contributed by atoms with Crippen LogP contribution in [-0.4, -0.2) is 28.7 Å². The first kappa shape index (κ1) is 28.1. The molecule has 198 valence electrons. The van der Waals surface area contributed by atoms with Gasteiger partial charge in [-0.25, -0.2) is 19.2 Å². The van der Waals surface area contributed by atoms with Crippen LogP contribution in [-0.2, 0) is 4.79 Å². The topological polar surface area (TPSA) is 61.3 Å². The summed E-state index contributed by atoms with van der Waals surface area (Å²) in [6.07, 6.45) is 19.2. The highest BCUT2D eigenvalue weighted by atomic mass is 19.1. The van der Waals surface area contributed by atoms with Gasteiger partial charge in [-0.05, 0) is 49.4 Å². The van der Waals surface area contributed by atoms with Crippen LogP contribution in [0.4, 0.5) is 4.39 Å². The molecule has 0 saturated heterocycles. The van der Waals surface area contributed by atoms with Gasteiger partial charge in [0.1, 0.15) is 5.75 Å². The molecule has 1 saturated carbocycles. The summed E-state index contributed by atoms with van der Waals surface area (Å²) in [6, 6.07) is 6.80. The average molecular weight is 499 g/mol. The van der Waals surface area contributed by atoms with Gasteiger partial charge in [0.05, 0.1) is 19.0 Å². The summed E-state index contributed by atoms with van der Waals surface area (Å²) >= 11 is 0. The van der Waals surface area contributed by atoms with Gasteiger partial charge in [0.15, 0.2) is 17.7 Å². The minimum atomic E-state index is -1.58. The quantitative estimate of drug-likeness (QED) is 0.125. The highest BCUT2D eigenvalue weighted by Crippen LogP contribution is 2.29. The fraction of sp³-hybridized carbons (Fsp3) is 0.633. The number of halogens is 1. The van der Waals surface area contributed by atoms with Crippen molar-refractivity contribution < 1.29 is 18.7 Å². The first-order valence-electron chi connectivity index (χ1n) is 14.1. The Morgan fingerprint density at radius 1 is 0.917 bits per heavy atom. The first-order chi connectivity index (χ1) is 17.7. The molecule has 1 aliphatic rings. The van der Waals surface area contributed by atoms with E-state index in [1.165, 1.54) is 57.8 Å². The number of hydrogen-bond donors (Lipinski definition) is 0. The molecule has 0 unspecified atom stereocenters. The van der Waals surface area contributed by atoms with Crippen LogP contribution < -0.4 is 9.47 Å². The van der Waals surface area contributed by atoms with Crippen molar-refractivity contribution in [3.05, 3.63) is 36.7 Å². The molecular formula is C30H43FN2O3. The van der Waals surface area contributed by atoms with E-state index in [1.54, 1.807) is 36.7 Å². The van der Waals surface area contributed by atoms with Crippen molar-refractivity contribution in [2.24, 2.45) is 5.92 Å². The molecule has 1 fully saturated rings. The molecule has 2 aromatic rings. The van der Waals surface area contributed by atoms with Crippen LogP contribution in [0.1, 0.15) is 103 Å². The number of esters is 1. The number of aromatic nitrogens is 2. The van der Waals surface area contributed by atoms with Crippen molar-refractivity contribution in [2.45, 2.75) is 109 Å². The number of rotatable bonds is 17. The molecule has 36 heavy (non-hydrogen) atoms. The minimum Gasteiger partial charge on any atom is -0.490 e. The number of benzene rings is 1. The lowest BCUT2D eigenvalue weighted by atomic mass is 9.99. The maximum absolute atomic E-state index is 14.0. The second kappa shape index (κ2) is 16.3. The van der Waals surface area contributed by atoms with E-state index in [1.807, 2.05) is 0 Å². The van der Waals surface area contributed by atoms with Crippen LogP contribution in [0.15, 0.2) is 36.7 Å². The van der Waals surface area contributed by atoms with Gasteiger partial charge in [-0.3, -0.25) is 0 Å². The van der Waals surface area contributed by atoms with Gasteiger partial charge in [-0.15, -0.1) is 0 Å². The normalized spacial score (nSPS) is 14.6. The molecule has 0 N–H and O–H groups in total. The second-order valence-electron chi connectivity index (χ2n) is 10.1. The molecule has 6 heteroatoms. The molecule has 1 atom stereocenters. The Morgan fingerprint density at radius 3 is 2.31 bits per heavy atom. The third-order valence-electron chi connectivity index (χ3n) is 7.03. The van der Waals surface area contributed by atoms with Crippen LogP contribution in [0.25, 0.3) is 11.4 Å². The molecule has 0 aliphatic heterocycles. The predicted molar refractivity (Wildman–Crippen MR) is 142 cm³/mol. The van der Waals surface area contributed by atoms with E-state index >= 15 is 0 Å². The van der Waals surface area contributed by atoms with Crippen LogP contribution in [0.5, 0.6) is 11.5 Å². The lowest BCUT2D eigenvalue weighted by Gasteiger charge is -2.09. The Hall–Kier alpha value is -2.50. The molecule has 0 amide bonds. The Labute approximate surface area is 216 Å². The summed E-state index contributed by atoms with van der Waals surface area (Å²) in [7, 11) is 0. The van der Waals surface area contributed by atoms with Gasteiger partial charge in [0, 0.05) is 5.56 Å². The summed E-state index contributed by atoms with van der Waals surface area (Å²) in [5.41, 5.74) is 0.787. The average Bonchev–Trinajstić information content (AvgIpc) is 3.42. The monoisotopic (exact) mass is 498 g/mol. The first-order valence-corrected chi connectivity index (χ1v) is 14.1. The van der Waals surface area contributed by atoms with E-state index in [0.29, 0.717) is 30.4 Å². The van der Waals surface area contributed by atoms with Gasteiger partial charge in [-0.1, -0.05) is 84.0 Å². The maximum Gasteiger partial charge on any atom is 0.346 e. The van der Waals surface area contributed by atoms with Crippen LogP contribution in [0.2, 0.25) is 0 Å². The fourth-order valence-corrected chi connectivity index (χ4v) is 4.81. The van der Waals surface area contributed by atoms with Gasteiger partial charge in [0.25, 0.3) is 0 Å². The van der Waals surface area contributed by atoms with Gasteiger partial charge in [-0.2, -0.15) is 0 Å². The van der Waals surface area contributed by atoms with E-state index in [-0.39, 0.29) is 6.42 Å². The number of ether oxygens (including phenoxy) is 2. The van der Waals surface area contributed by atoms with Crippen LogP contribution in [0.3, 0.4) is 0 Å². The zero-order chi connectivity index (χ0) is 25.4. The molecule has 0 bridgehead atoms. The summed E-state index contributed by atoms with van der Waals surface area (Å²) in [4.78, 5) is 20.7. The van der Waals surface area contributed by atoms with Crippen molar-refractivity contribution in [3.8, 4) is 22.9 Å². The van der Waals surface area contributed by atoms with Crippen molar-refractivity contribution in [2.75, 3.05) is 6.61 Å². The lowest BCUT2D eigenvalue weighted by Crippen LogP contribution is -2.21. The third kappa shape index (κ3) is 10.2. The van der Waals surface area contributed by atoms with Crippen molar-refractivity contribution in [1.29, 1.82) is 0 Å². The number of carbonyl (C=O) groups excluding carboxylic acids is 1. The zero-order valence-electron chi connectivity index (χ0n) is 21.9. The zero-order valence-corrected chi connectivity index (χ0v) is 21.9. The second-order valence-corrected chi connectivity index (χ2v) is 10.1. The van der Waals surface area contributed by atoms with Gasteiger partial charge >= 0.3 is 5.97 Å². The van der Waals surface area contributed by atoms with E-state index in [0.717, 1.165) is 37.2 Å². The summed E-state index contributed by atoms with van der Waals surface area (Å²) in [5.74, 6) is 1.71. The summed E-state index contributed by atoms with van der Waals surface area (Å²) in [6.45, 7) is 2.78. The Morgan fingerprint density at radius 2 is 1.58 bits per heavy atom. The number of alkyl halides is 1. The molecule has 1 aromatic carbocycles. The Kier molecular flexibility index (Phi) is 12.7. The number of hydrogen-bond acceptors (Lipinski definition) is 5. The van der Waals surface area contributed by atoms with Crippen molar-refractivity contribution in [3.63, 3.8) is 0 Å². The highest BCUT2D eigenvalue weighted by molar-refractivity contribution is 5.77. The maximum atomic E-state index is 14.0. The Bertz CT molecular complexity index is 867. The molecular weight excluding hydrogens is 455 g/mol. The standard InChI is InChI=1S/C30H43FN2O3/c1-2-3-4-9-16-28(31)30(34)36-26-19-17-25(18-20-26)29-32-22-27(23-33-29)35-21-12-7-5-6-8-13-24-14-10-11-15-24/h17-20,22-24,28H,2-16,21H2,1H3/t28-/m1/s1. The van der Waals surface area contributed by atoms with E-state index in [2.05, 4.69) is 16.9 Å². The van der Waals surface area contributed by atoms with Crippen LogP contribution in [0, 0.1) is 5.92 Å². The fourth-order valence-electron chi connectivity index (χ4n) is 4.81. The van der Waals surface area contributed by atoms with E-state index < -0.39 is 12.1 Å². The van der Waals surface area contributed by atoms with E-state index in [9.17, 15) is 9.18 Å². The molecule has 1 heterocycles. The smallest absolute Gasteiger partial charge is 0.346 e. The molecule has 3 rings (SSSR count). The lowest BCUT2D eigenvalue weighted by molar-refractivity contribution is -0.140. The molecule has 0 radical (unpaired) electrons. The molecule has 0 spiro atoms. The van der Waals surface area contributed by atoms with Gasteiger partial charge < -0.3 is 9.47 Å². The predicted octanol–water partition coefficient (Wildman–Crippen LogP) is 8.27. The molecule has 5 nitrogen and oxygen atoms in total. The number of unbranched alkanes of at least 4 members (excludes halogenated alkanes) is 7. The minimum absolute atomic E-state index is 0.208. The summed E-state index contributed by atoms with van der Waals surface area (Å²) in [5, 5.41) is 0. The highest BCUT2D eigenvalue weighted by Gasteiger charge is 2.19. The number of carbonyl (C=O) groups is 1. The molecule has 1 aromatic heterocycles. The van der Waals surface area contributed by atoms with Crippen LogP contribution >= 0.6 is 0 Å². The SMILES string of the molecule is CCCCCC[C@@H](F)C(=O)Oc1ccc(-c2ncc(OCCCCCCCC3CCCC3)cn2)cc1. The number of nitrogens with zero attached hydrogens (tertiary/aromatic N) is 2. The third-order valence-corrected chi connectivity index (χ3v) is 7.03. The Balaban J connectivity index is 1.31. The van der Waals surface area contributed by atoms with E-state index in [4.69, 9.17) is 9.47 Å². The van der Waals surface area contributed by atoms with Gasteiger partial charge in [0.2, 0.25) is 0 Å². The van der Waals surface area contributed by atoms with Crippen molar-refractivity contribution in [1.82, 2.24) is 9.97 Å². The van der Waals surface area contributed by atoms with Crippen molar-refractivity contribution >= 4 is 5.97 Å². The molecule has 1 aliphatic carbocycles. The summed E-state index contributed by atoms with van der Waals surface area (Å²) < 4.78 is 25.0.